The Morgan fingerprint density at radius 1 is 1.64 bits per heavy atom. The number of hydrogen-bond acceptors (Lipinski definition) is 4. The van der Waals surface area contributed by atoms with Crippen molar-refractivity contribution in [3.05, 3.63) is 18.0 Å². The Hall–Kier alpha value is -0.970. The van der Waals surface area contributed by atoms with Gasteiger partial charge in [-0.3, -0.25) is 9.67 Å². The number of amidine groups is 1. The summed E-state index contributed by atoms with van der Waals surface area (Å²) in [5.41, 5.74) is 1.21. The lowest BCUT2D eigenvalue weighted by Gasteiger charge is -2.04. The first kappa shape index (κ1) is 9.58. The Labute approximate surface area is 87.8 Å². The minimum Gasteiger partial charge on any atom is -0.363 e. The molecule has 0 fully saturated rings. The van der Waals surface area contributed by atoms with Crippen LogP contribution < -0.4 is 5.32 Å². The minimum atomic E-state index is 0.896. The zero-order valence-electron chi connectivity index (χ0n) is 8.23. The number of aromatic nitrogens is 2. The molecule has 76 valence electrons. The third kappa shape index (κ3) is 2.51. The van der Waals surface area contributed by atoms with Crippen LogP contribution in [0.25, 0.3) is 0 Å². The van der Waals surface area contributed by atoms with E-state index in [4.69, 9.17) is 0 Å². The zero-order valence-corrected chi connectivity index (χ0v) is 9.05. The number of thioether (sulfide) groups is 1. The Bertz CT molecular complexity index is 331. The molecule has 5 heteroatoms. The molecule has 1 aromatic rings. The predicted molar refractivity (Wildman–Crippen MR) is 59.7 cm³/mol. The van der Waals surface area contributed by atoms with Gasteiger partial charge in [0, 0.05) is 18.5 Å². The third-order valence-corrected chi connectivity index (χ3v) is 2.90. The van der Waals surface area contributed by atoms with Crippen molar-refractivity contribution in [2.75, 3.05) is 18.8 Å². The van der Waals surface area contributed by atoms with Gasteiger partial charge in [0.15, 0.2) is 5.17 Å². The number of rotatable bonds is 3. The Morgan fingerprint density at radius 2 is 2.57 bits per heavy atom. The summed E-state index contributed by atoms with van der Waals surface area (Å²) in [6, 6.07) is 0. The lowest BCUT2D eigenvalue weighted by molar-refractivity contribution is 0.604. The van der Waals surface area contributed by atoms with Crippen molar-refractivity contribution < 1.29 is 0 Å². The fourth-order valence-corrected chi connectivity index (χ4v) is 2.07. The quantitative estimate of drug-likeness (QED) is 0.805. The number of nitrogens with zero attached hydrogens (tertiary/aromatic N) is 3. The molecule has 0 atom stereocenters. The van der Waals surface area contributed by atoms with Crippen LogP contribution >= 0.6 is 11.8 Å². The van der Waals surface area contributed by atoms with E-state index in [0.717, 1.165) is 30.6 Å². The molecule has 4 nitrogen and oxygen atoms in total. The second kappa shape index (κ2) is 4.50. The second-order valence-electron chi connectivity index (χ2n) is 3.24. The molecule has 0 spiro atoms. The van der Waals surface area contributed by atoms with Crippen molar-refractivity contribution >= 4 is 16.9 Å². The molecule has 0 bridgehead atoms. The highest BCUT2D eigenvalue weighted by atomic mass is 32.2. The van der Waals surface area contributed by atoms with Gasteiger partial charge in [-0.2, -0.15) is 5.10 Å². The first-order valence-corrected chi connectivity index (χ1v) is 5.73. The molecule has 0 aliphatic carbocycles. The molecule has 2 rings (SSSR count). The predicted octanol–water partition coefficient (Wildman–Crippen LogP) is 0.884. The van der Waals surface area contributed by atoms with Crippen molar-refractivity contribution in [2.24, 2.45) is 4.99 Å². The van der Waals surface area contributed by atoms with Crippen LogP contribution in [0.5, 0.6) is 0 Å². The highest BCUT2D eigenvalue weighted by Crippen LogP contribution is 2.08. The summed E-state index contributed by atoms with van der Waals surface area (Å²) < 4.78 is 1.95. The molecule has 0 radical (unpaired) electrons. The van der Waals surface area contributed by atoms with Crippen LogP contribution in [0.1, 0.15) is 5.56 Å². The number of aliphatic imine (C=N–C) groups is 1. The van der Waals surface area contributed by atoms with Gasteiger partial charge in [-0.15, -0.1) is 0 Å². The molecule has 1 aliphatic heterocycles. The van der Waals surface area contributed by atoms with Gasteiger partial charge in [0.05, 0.1) is 19.3 Å². The van der Waals surface area contributed by atoms with E-state index in [1.165, 1.54) is 5.56 Å². The average molecular weight is 210 g/mol. The molecule has 1 N–H and O–H groups in total. The topological polar surface area (TPSA) is 42.2 Å². The summed E-state index contributed by atoms with van der Waals surface area (Å²) in [6.07, 6.45) is 3.92. The van der Waals surface area contributed by atoms with E-state index in [2.05, 4.69) is 15.4 Å². The summed E-state index contributed by atoms with van der Waals surface area (Å²) in [5.74, 6) is 1.11. The Kier molecular flexibility index (Phi) is 3.08. The first-order valence-electron chi connectivity index (χ1n) is 4.75. The molecule has 1 aliphatic rings. The van der Waals surface area contributed by atoms with Gasteiger partial charge in [0.25, 0.3) is 0 Å². The van der Waals surface area contributed by atoms with Crippen molar-refractivity contribution in [3.63, 3.8) is 0 Å². The fourth-order valence-electron chi connectivity index (χ4n) is 1.31. The number of aryl methyl sites for hydroxylation is 1. The summed E-state index contributed by atoms with van der Waals surface area (Å²) in [7, 11) is 0. The summed E-state index contributed by atoms with van der Waals surface area (Å²) >= 11 is 1.79. The Morgan fingerprint density at radius 3 is 3.21 bits per heavy atom. The van der Waals surface area contributed by atoms with Crippen molar-refractivity contribution in [1.29, 1.82) is 0 Å². The van der Waals surface area contributed by atoms with Crippen molar-refractivity contribution in [3.8, 4) is 0 Å². The van der Waals surface area contributed by atoms with Crippen LogP contribution in [0, 0.1) is 6.92 Å². The van der Waals surface area contributed by atoms with Crippen LogP contribution in [-0.2, 0) is 6.54 Å². The van der Waals surface area contributed by atoms with E-state index in [1.54, 1.807) is 11.8 Å². The molecule has 0 aromatic carbocycles. The summed E-state index contributed by atoms with van der Waals surface area (Å²) in [6.45, 7) is 4.79. The number of nitrogens with one attached hydrogen (secondary N) is 1. The summed E-state index contributed by atoms with van der Waals surface area (Å²) in [5, 5.41) is 8.58. The smallest absolute Gasteiger partial charge is 0.156 e. The van der Waals surface area contributed by atoms with Crippen molar-refractivity contribution in [2.45, 2.75) is 13.5 Å². The molecule has 1 aromatic heterocycles. The molecule has 0 amide bonds. The van der Waals surface area contributed by atoms with Gasteiger partial charge in [-0.25, -0.2) is 0 Å². The van der Waals surface area contributed by atoms with Crippen LogP contribution in [0.2, 0.25) is 0 Å². The average Bonchev–Trinajstić information content (AvgIpc) is 2.77. The van der Waals surface area contributed by atoms with Gasteiger partial charge < -0.3 is 5.32 Å². The maximum Gasteiger partial charge on any atom is 0.156 e. The third-order valence-electron chi connectivity index (χ3n) is 1.96. The molecule has 0 saturated heterocycles. The van der Waals surface area contributed by atoms with Gasteiger partial charge in [-0.05, 0) is 12.5 Å². The molecule has 0 unspecified atom stereocenters. The van der Waals surface area contributed by atoms with E-state index in [0.29, 0.717) is 0 Å². The fraction of sp³-hybridized carbons (Fsp3) is 0.556. The lowest BCUT2D eigenvalue weighted by Crippen LogP contribution is -2.23. The lowest BCUT2D eigenvalue weighted by atomic mass is 10.4. The van der Waals surface area contributed by atoms with Crippen LogP contribution in [0.3, 0.4) is 0 Å². The monoisotopic (exact) mass is 210 g/mol. The zero-order chi connectivity index (χ0) is 9.80. The standard InChI is InChI=1S/C9H14N4S/c1-8-6-12-13(7-8)4-2-10-9-11-3-5-14-9/h6-7H,2-5H2,1H3,(H,10,11). The summed E-state index contributed by atoms with van der Waals surface area (Å²) in [4.78, 5) is 4.31. The van der Waals surface area contributed by atoms with Gasteiger partial charge >= 0.3 is 0 Å². The molecular formula is C9H14N4S. The maximum absolute atomic E-state index is 4.31. The molecule has 2 heterocycles. The van der Waals surface area contributed by atoms with Gasteiger partial charge in [0.1, 0.15) is 0 Å². The Balaban J connectivity index is 1.72. The second-order valence-corrected chi connectivity index (χ2v) is 4.33. The van der Waals surface area contributed by atoms with E-state index < -0.39 is 0 Å². The molecule has 14 heavy (non-hydrogen) atoms. The van der Waals surface area contributed by atoms with Gasteiger partial charge in [-0.1, -0.05) is 11.8 Å². The SMILES string of the molecule is Cc1cnn(CCNC2=NCCS2)c1. The van der Waals surface area contributed by atoms with Crippen LogP contribution in [-0.4, -0.2) is 33.8 Å². The van der Waals surface area contributed by atoms with E-state index in [9.17, 15) is 0 Å². The highest BCUT2D eigenvalue weighted by molar-refractivity contribution is 8.14. The minimum absolute atomic E-state index is 0.896. The first-order chi connectivity index (χ1) is 6.84. The van der Waals surface area contributed by atoms with Crippen LogP contribution in [0.15, 0.2) is 17.4 Å². The van der Waals surface area contributed by atoms with Crippen molar-refractivity contribution in [1.82, 2.24) is 15.1 Å². The highest BCUT2D eigenvalue weighted by Gasteiger charge is 2.05. The number of hydrogen-bond donors (Lipinski definition) is 1. The maximum atomic E-state index is 4.31. The largest absolute Gasteiger partial charge is 0.363 e. The van der Waals surface area contributed by atoms with E-state index in [-0.39, 0.29) is 0 Å². The normalized spacial score (nSPS) is 15.6. The van der Waals surface area contributed by atoms with E-state index in [1.807, 2.05) is 24.0 Å². The van der Waals surface area contributed by atoms with E-state index >= 15 is 0 Å². The molecular weight excluding hydrogens is 196 g/mol. The molecule has 0 saturated carbocycles. The van der Waals surface area contributed by atoms with Gasteiger partial charge in [0.2, 0.25) is 0 Å². The van der Waals surface area contributed by atoms with Crippen LogP contribution in [0.4, 0.5) is 0 Å².